The molecule has 0 radical (unpaired) electrons. The lowest BCUT2D eigenvalue weighted by Crippen LogP contribution is -2.12. The number of nitrogens with zero attached hydrogens (tertiary/aromatic N) is 1. The Balaban J connectivity index is 1.49. The van der Waals surface area contributed by atoms with E-state index in [1.807, 2.05) is 0 Å². The van der Waals surface area contributed by atoms with Crippen LogP contribution in [-0.4, -0.2) is 0 Å². The first-order chi connectivity index (χ1) is 22.8. The maximum Gasteiger partial charge on any atom is 0.0619 e. The Labute approximate surface area is 268 Å². The Bertz CT molecular complexity index is 2480. The van der Waals surface area contributed by atoms with Gasteiger partial charge in [0.15, 0.2) is 0 Å². The predicted octanol–water partition coefficient (Wildman–Crippen LogP) is 12.9. The quantitative estimate of drug-likeness (QED) is 0.186. The van der Waals surface area contributed by atoms with Gasteiger partial charge in [0.2, 0.25) is 0 Å². The predicted molar refractivity (Wildman–Crippen MR) is 199 cm³/mol. The molecule has 0 amide bonds. The summed E-state index contributed by atoms with van der Waals surface area (Å²) < 4.78 is 0. The summed E-state index contributed by atoms with van der Waals surface area (Å²) in [7, 11) is 0. The Morgan fingerprint density at radius 3 is 1.26 bits per heavy atom. The summed E-state index contributed by atoms with van der Waals surface area (Å²) in [6.45, 7) is 2.26. The second kappa shape index (κ2) is 10.6. The number of hydrogen-bond acceptors (Lipinski definition) is 1. The van der Waals surface area contributed by atoms with Crippen molar-refractivity contribution in [3.05, 3.63) is 175 Å². The largest absolute Gasteiger partial charge is 0.309 e. The standard InChI is InChI=1S/C45H31N/c1-30-33-20-7-9-23-36(33)43(37-24-10-8-21-34(30)37)44-38-25-11-13-27-40(38)45(41-28-14-12-26-39(41)44)46(32-18-3-2-4-19-32)42-29-15-17-31-16-5-6-22-35(31)42/h2-29H,1H3. The SMILES string of the molecule is Cc1c2ccccc2c(-c2c3ccccc3c(N(c3ccccc3)c3cccc4ccccc34)c3ccccc23)c2ccccc12. The minimum atomic E-state index is 1.13. The van der Waals surface area contributed by atoms with Crippen LogP contribution in [-0.2, 0) is 0 Å². The van der Waals surface area contributed by atoms with Gasteiger partial charge >= 0.3 is 0 Å². The molecular weight excluding hydrogens is 555 g/mol. The van der Waals surface area contributed by atoms with Crippen molar-refractivity contribution in [1.82, 2.24) is 0 Å². The van der Waals surface area contributed by atoms with Crippen molar-refractivity contribution in [3.8, 4) is 11.1 Å². The third-order valence-corrected chi connectivity index (χ3v) is 9.60. The van der Waals surface area contributed by atoms with Crippen molar-refractivity contribution in [3.63, 3.8) is 0 Å². The monoisotopic (exact) mass is 585 g/mol. The van der Waals surface area contributed by atoms with Crippen LogP contribution in [0.25, 0.3) is 65.0 Å². The van der Waals surface area contributed by atoms with Gasteiger partial charge in [-0.15, -0.1) is 0 Å². The molecule has 0 saturated heterocycles. The minimum Gasteiger partial charge on any atom is -0.309 e. The van der Waals surface area contributed by atoms with E-state index in [-0.39, 0.29) is 0 Å². The number of hydrogen-bond donors (Lipinski definition) is 0. The minimum absolute atomic E-state index is 1.13. The normalized spacial score (nSPS) is 11.6. The van der Waals surface area contributed by atoms with Gasteiger partial charge in [-0.2, -0.15) is 0 Å². The molecule has 0 aliphatic rings. The average molecular weight is 586 g/mol. The Morgan fingerprint density at radius 1 is 0.326 bits per heavy atom. The highest BCUT2D eigenvalue weighted by Crippen LogP contribution is 2.51. The number of rotatable bonds is 4. The summed E-state index contributed by atoms with van der Waals surface area (Å²) in [4.78, 5) is 2.47. The summed E-state index contributed by atoms with van der Waals surface area (Å²) in [5.74, 6) is 0. The van der Waals surface area contributed by atoms with Crippen LogP contribution in [0.15, 0.2) is 170 Å². The van der Waals surface area contributed by atoms with Crippen LogP contribution in [0, 0.1) is 6.92 Å². The van der Waals surface area contributed by atoms with Crippen molar-refractivity contribution in [2.75, 3.05) is 4.90 Å². The number of fused-ring (bicyclic) bond motifs is 5. The number of aryl methyl sites for hydroxylation is 1. The smallest absolute Gasteiger partial charge is 0.0619 e. The van der Waals surface area contributed by atoms with Gasteiger partial charge in [0.1, 0.15) is 0 Å². The molecule has 1 nitrogen and oxygen atoms in total. The Kier molecular flexibility index (Phi) is 6.11. The number of anilines is 3. The zero-order valence-corrected chi connectivity index (χ0v) is 25.6. The lowest BCUT2D eigenvalue weighted by molar-refractivity contribution is 1.33. The van der Waals surface area contributed by atoms with Crippen LogP contribution < -0.4 is 4.90 Å². The molecule has 0 aliphatic heterocycles. The van der Waals surface area contributed by atoms with Gasteiger partial charge in [0.25, 0.3) is 0 Å². The summed E-state index contributed by atoms with van der Waals surface area (Å²) in [5, 5.41) is 12.6. The fourth-order valence-electron chi connectivity index (χ4n) is 7.60. The van der Waals surface area contributed by atoms with Gasteiger partial charge in [-0.1, -0.05) is 152 Å². The molecule has 9 aromatic rings. The van der Waals surface area contributed by atoms with E-state index in [1.165, 1.54) is 81.9 Å². The second-order valence-corrected chi connectivity index (χ2v) is 12.1. The fraction of sp³-hybridized carbons (Fsp3) is 0.0222. The first kappa shape index (κ1) is 26.5. The lowest BCUT2D eigenvalue weighted by atomic mass is 9.84. The Hall–Kier alpha value is -5.92. The molecule has 0 aliphatic carbocycles. The zero-order chi connectivity index (χ0) is 30.6. The number of benzene rings is 9. The van der Waals surface area contributed by atoms with Gasteiger partial charge in [0, 0.05) is 21.8 Å². The highest BCUT2D eigenvalue weighted by molar-refractivity contribution is 6.28. The van der Waals surface area contributed by atoms with Crippen molar-refractivity contribution >= 4 is 70.9 Å². The van der Waals surface area contributed by atoms with E-state index in [2.05, 4.69) is 182 Å². The van der Waals surface area contributed by atoms with Crippen molar-refractivity contribution in [2.45, 2.75) is 6.92 Å². The molecule has 46 heavy (non-hydrogen) atoms. The van der Waals surface area contributed by atoms with Crippen molar-refractivity contribution in [2.24, 2.45) is 0 Å². The summed E-state index contributed by atoms with van der Waals surface area (Å²) in [5.41, 5.74) is 7.40. The van der Waals surface area contributed by atoms with Crippen LogP contribution in [0.4, 0.5) is 17.1 Å². The van der Waals surface area contributed by atoms with E-state index in [0.29, 0.717) is 0 Å². The van der Waals surface area contributed by atoms with E-state index in [4.69, 9.17) is 0 Å². The van der Waals surface area contributed by atoms with Crippen molar-refractivity contribution in [1.29, 1.82) is 0 Å². The molecule has 9 rings (SSSR count). The summed E-state index contributed by atoms with van der Waals surface area (Å²) in [6, 6.07) is 62.0. The van der Waals surface area contributed by atoms with Gasteiger partial charge in [-0.25, -0.2) is 0 Å². The highest BCUT2D eigenvalue weighted by Gasteiger charge is 2.24. The van der Waals surface area contributed by atoms with Gasteiger partial charge in [0.05, 0.1) is 11.4 Å². The Morgan fingerprint density at radius 2 is 0.717 bits per heavy atom. The van der Waals surface area contributed by atoms with E-state index in [9.17, 15) is 0 Å². The van der Waals surface area contributed by atoms with Crippen LogP contribution >= 0.6 is 0 Å². The third-order valence-electron chi connectivity index (χ3n) is 9.60. The van der Waals surface area contributed by atoms with E-state index in [1.54, 1.807) is 0 Å². The van der Waals surface area contributed by atoms with E-state index in [0.717, 1.165) is 5.69 Å². The first-order valence-corrected chi connectivity index (χ1v) is 16.0. The van der Waals surface area contributed by atoms with E-state index < -0.39 is 0 Å². The lowest BCUT2D eigenvalue weighted by Gasteiger charge is -2.30. The maximum atomic E-state index is 2.47. The average Bonchev–Trinajstić information content (AvgIpc) is 3.13. The van der Waals surface area contributed by atoms with Crippen molar-refractivity contribution < 1.29 is 0 Å². The molecule has 0 unspecified atom stereocenters. The maximum absolute atomic E-state index is 2.47. The van der Waals surface area contributed by atoms with Gasteiger partial charge < -0.3 is 4.90 Å². The molecule has 216 valence electrons. The molecular formula is C45H31N. The first-order valence-electron chi connectivity index (χ1n) is 16.0. The van der Waals surface area contributed by atoms with Crippen LogP contribution in [0.2, 0.25) is 0 Å². The zero-order valence-electron chi connectivity index (χ0n) is 25.6. The molecule has 0 saturated carbocycles. The summed E-state index contributed by atoms with van der Waals surface area (Å²) >= 11 is 0. The van der Waals surface area contributed by atoms with Crippen LogP contribution in [0.1, 0.15) is 5.56 Å². The summed E-state index contributed by atoms with van der Waals surface area (Å²) in [6.07, 6.45) is 0. The fourth-order valence-corrected chi connectivity index (χ4v) is 7.60. The molecule has 0 spiro atoms. The molecule has 0 bridgehead atoms. The topological polar surface area (TPSA) is 3.24 Å². The molecule has 0 fully saturated rings. The van der Waals surface area contributed by atoms with Gasteiger partial charge in [-0.3, -0.25) is 0 Å². The number of para-hydroxylation sites is 1. The third kappa shape index (κ3) is 3.95. The molecule has 1 heteroatoms. The molecule has 0 N–H and O–H groups in total. The molecule has 9 aromatic carbocycles. The molecule has 0 atom stereocenters. The van der Waals surface area contributed by atoms with Crippen LogP contribution in [0.5, 0.6) is 0 Å². The van der Waals surface area contributed by atoms with Gasteiger partial charge in [-0.05, 0) is 79.5 Å². The van der Waals surface area contributed by atoms with Crippen LogP contribution in [0.3, 0.4) is 0 Å². The molecule has 0 heterocycles. The highest BCUT2D eigenvalue weighted by atomic mass is 15.1. The molecule has 0 aromatic heterocycles. The second-order valence-electron chi connectivity index (χ2n) is 12.1. The van der Waals surface area contributed by atoms with E-state index >= 15 is 0 Å².